The molecule has 2 fully saturated rings. The van der Waals surface area contributed by atoms with Gasteiger partial charge in [-0.25, -0.2) is 0 Å². The predicted molar refractivity (Wildman–Crippen MR) is 88.5 cm³/mol. The number of carbonyl (C=O) groups excluding carboxylic acids is 1. The highest BCUT2D eigenvalue weighted by Crippen LogP contribution is 2.49. The summed E-state index contributed by atoms with van der Waals surface area (Å²) in [5.74, 6) is -0.926. The zero-order chi connectivity index (χ0) is 17.5. The fraction of sp³-hybridized carbons (Fsp3) is 0.650. The van der Waals surface area contributed by atoms with E-state index in [0.29, 0.717) is 17.8 Å². The average Bonchev–Trinajstić information content (AvgIpc) is 3.11. The molecule has 0 aliphatic heterocycles. The molecule has 2 heteroatoms. The first-order chi connectivity index (χ1) is 11.4. The molecule has 0 N–H and O–H groups in total. The van der Waals surface area contributed by atoms with Gasteiger partial charge in [0, 0.05) is 2.74 Å². The van der Waals surface area contributed by atoms with Crippen molar-refractivity contribution in [1.82, 2.24) is 0 Å². The van der Waals surface area contributed by atoms with Gasteiger partial charge in [-0.1, -0.05) is 57.5 Å². The van der Waals surface area contributed by atoms with Crippen molar-refractivity contribution in [3.63, 3.8) is 0 Å². The summed E-state index contributed by atoms with van der Waals surface area (Å²) in [5.41, 5.74) is 0.891. The van der Waals surface area contributed by atoms with Gasteiger partial charge in [-0.15, -0.1) is 0 Å². The Morgan fingerprint density at radius 3 is 2.73 bits per heavy atom. The summed E-state index contributed by atoms with van der Waals surface area (Å²) >= 11 is 0. The SMILES string of the molecule is [2H][C@@H]1[C@H](c2ccccc2)[C@@]1([2H])C(=O)OC1CC(C)CCC1C(C)C. The van der Waals surface area contributed by atoms with E-state index in [4.69, 9.17) is 7.48 Å². The van der Waals surface area contributed by atoms with Gasteiger partial charge in [-0.2, -0.15) is 0 Å². The second kappa shape index (κ2) is 6.44. The lowest BCUT2D eigenvalue weighted by Gasteiger charge is -2.36. The normalized spacial score (nSPS) is 42.5. The molecule has 0 amide bonds. The third-order valence-corrected chi connectivity index (χ3v) is 5.19. The molecule has 3 rings (SSSR count). The molecule has 0 aromatic heterocycles. The van der Waals surface area contributed by atoms with Crippen LogP contribution in [-0.4, -0.2) is 12.1 Å². The molecule has 2 nitrogen and oxygen atoms in total. The average molecular weight is 302 g/mol. The van der Waals surface area contributed by atoms with E-state index in [9.17, 15) is 4.79 Å². The topological polar surface area (TPSA) is 26.3 Å². The van der Waals surface area contributed by atoms with Crippen molar-refractivity contribution < 1.29 is 12.3 Å². The van der Waals surface area contributed by atoms with E-state index in [2.05, 4.69) is 20.8 Å². The van der Waals surface area contributed by atoms with Crippen molar-refractivity contribution in [2.45, 2.75) is 58.5 Å². The van der Waals surface area contributed by atoms with Gasteiger partial charge >= 0.3 is 5.97 Å². The Balaban J connectivity index is 1.72. The van der Waals surface area contributed by atoms with E-state index < -0.39 is 18.3 Å². The van der Waals surface area contributed by atoms with Crippen LogP contribution in [-0.2, 0) is 9.53 Å². The van der Waals surface area contributed by atoms with E-state index in [1.54, 1.807) is 0 Å². The van der Waals surface area contributed by atoms with Crippen LogP contribution in [0.25, 0.3) is 0 Å². The van der Waals surface area contributed by atoms with Crippen LogP contribution in [0.1, 0.15) is 60.7 Å². The maximum Gasteiger partial charge on any atom is 0.309 e. The number of hydrogen-bond donors (Lipinski definition) is 0. The van der Waals surface area contributed by atoms with Crippen molar-refractivity contribution in [1.29, 1.82) is 0 Å². The monoisotopic (exact) mass is 302 g/mol. The molecule has 0 bridgehead atoms. The Bertz CT molecular complexity index is 589. The lowest BCUT2D eigenvalue weighted by molar-refractivity contribution is -0.157. The lowest BCUT2D eigenvalue weighted by atomic mass is 9.75. The smallest absolute Gasteiger partial charge is 0.309 e. The minimum atomic E-state index is -1.44. The highest BCUT2D eigenvalue weighted by molar-refractivity contribution is 5.77. The fourth-order valence-electron chi connectivity index (χ4n) is 3.72. The van der Waals surface area contributed by atoms with Crippen molar-refractivity contribution >= 4 is 5.97 Å². The summed E-state index contributed by atoms with van der Waals surface area (Å²) in [6.45, 7) is 6.55. The van der Waals surface area contributed by atoms with Gasteiger partial charge in [0.1, 0.15) is 6.10 Å². The molecule has 2 aliphatic carbocycles. The molecule has 6 atom stereocenters. The van der Waals surface area contributed by atoms with Gasteiger partial charge in [0.15, 0.2) is 0 Å². The first-order valence-electron chi connectivity index (χ1n) is 9.61. The Morgan fingerprint density at radius 1 is 1.32 bits per heavy atom. The minimum Gasteiger partial charge on any atom is -0.462 e. The Morgan fingerprint density at radius 2 is 2.05 bits per heavy atom. The summed E-state index contributed by atoms with van der Waals surface area (Å²) in [5, 5.41) is 0. The van der Waals surface area contributed by atoms with Gasteiger partial charge in [0.2, 0.25) is 0 Å². The summed E-state index contributed by atoms with van der Waals surface area (Å²) in [6, 6.07) is 9.49. The van der Waals surface area contributed by atoms with Gasteiger partial charge in [-0.05, 0) is 48.5 Å². The highest BCUT2D eigenvalue weighted by atomic mass is 16.5. The minimum absolute atomic E-state index is 0.104. The molecule has 2 aliphatic rings. The first-order valence-corrected chi connectivity index (χ1v) is 8.54. The van der Waals surface area contributed by atoms with Crippen molar-refractivity contribution in [2.75, 3.05) is 0 Å². The van der Waals surface area contributed by atoms with Crippen LogP contribution in [0, 0.1) is 23.6 Å². The summed E-state index contributed by atoms with van der Waals surface area (Å²) in [6.07, 6.45) is 2.30. The second-order valence-electron chi connectivity index (χ2n) is 7.28. The van der Waals surface area contributed by atoms with E-state index in [0.717, 1.165) is 18.4 Å². The zero-order valence-corrected chi connectivity index (χ0v) is 13.8. The molecular formula is C20H28O2. The number of benzene rings is 1. The Kier molecular flexibility index (Phi) is 3.85. The van der Waals surface area contributed by atoms with E-state index in [-0.39, 0.29) is 12.0 Å². The summed E-state index contributed by atoms with van der Waals surface area (Å²) in [7, 11) is 0. The van der Waals surface area contributed by atoms with Crippen LogP contribution < -0.4 is 0 Å². The van der Waals surface area contributed by atoms with Crippen LogP contribution >= 0.6 is 0 Å². The molecular weight excluding hydrogens is 272 g/mol. The van der Waals surface area contributed by atoms with Gasteiger partial charge < -0.3 is 4.74 Å². The Labute approximate surface area is 137 Å². The zero-order valence-electron chi connectivity index (χ0n) is 15.8. The first kappa shape index (κ1) is 13.2. The third kappa shape index (κ3) is 3.37. The number of ether oxygens (including phenoxy) is 1. The Hall–Kier alpha value is -1.31. The van der Waals surface area contributed by atoms with E-state index in [1.807, 2.05) is 30.3 Å². The molecule has 0 spiro atoms. The largest absolute Gasteiger partial charge is 0.462 e. The molecule has 0 radical (unpaired) electrons. The van der Waals surface area contributed by atoms with Gasteiger partial charge in [0.25, 0.3) is 0 Å². The molecule has 120 valence electrons. The van der Waals surface area contributed by atoms with Gasteiger partial charge in [0.05, 0.1) is 5.89 Å². The van der Waals surface area contributed by atoms with Crippen LogP contribution in [0.4, 0.5) is 0 Å². The van der Waals surface area contributed by atoms with Crippen LogP contribution in [0.15, 0.2) is 30.3 Å². The standard InChI is InChI=1S/C20H28O2/c1-13(2)16-10-9-14(3)11-19(16)22-20(21)18-12-17(18)15-7-5-4-6-8-15/h4-8,13-14,16-19H,9-12H2,1-3H3/t14?,16?,17-,18+,19?/m1/s1/i12D,18D/t12-,14?,16?,17-,18+,19?. The number of esters is 1. The maximum atomic E-state index is 12.7. The highest BCUT2D eigenvalue weighted by Gasteiger charge is 2.46. The van der Waals surface area contributed by atoms with Crippen molar-refractivity contribution in [3.8, 4) is 0 Å². The number of carbonyl (C=O) groups is 1. The fourth-order valence-corrected chi connectivity index (χ4v) is 3.72. The van der Waals surface area contributed by atoms with Crippen LogP contribution in [0.3, 0.4) is 0 Å². The summed E-state index contributed by atoms with van der Waals surface area (Å²) < 4.78 is 22.5. The number of hydrogen-bond acceptors (Lipinski definition) is 2. The second-order valence-corrected chi connectivity index (χ2v) is 7.28. The quantitative estimate of drug-likeness (QED) is 0.747. The third-order valence-electron chi connectivity index (χ3n) is 5.19. The molecule has 0 heterocycles. The molecule has 22 heavy (non-hydrogen) atoms. The molecule has 0 saturated heterocycles. The van der Waals surface area contributed by atoms with Crippen molar-refractivity contribution in [3.05, 3.63) is 35.9 Å². The van der Waals surface area contributed by atoms with Crippen LogP contribution in [0.5, 0.6) is 0 Å². The molecule has 2 saturated carbocycles. The van der Waals surface area contributed by atoms with Gasteiger partial charge in [-0.3, -0.25) is 4.79 Å². The molecule has 1 aromatic carbocycles. The van der Waals surface area contributed by atoms with E-state index in [1.165, 1.54) is 6.42 Å². The van der Waals surface area contributed by atoms with Crippen LogP contribution in [0.2, 0.25) is 0 Å². The predicted octanol–water partition coefficient (Wildman–Crippen LogP) is 4.79. The summed E-state index contributed by atoms with van der Waals surface area (Å²) in [4.78, 5) is 12.7. The number of rotatable bonds is 4. The lowest BCUT2D eigenvalue weighted by Crippen LogP contribution is -2.36. The molecule has 3 unspecified atom stereocenters. The maximum absolute atomic E-state index is 12.7. The molecule has 1 aromatic rings. The van der Waals surface area contributed by atoms with E-state index >= 15 is 0 Å². The van der Waals surface area contributed by atoms with Crippen molar-refractivity contribution in [2.24, 2.45) is 23.6 Å².